The molecular weight excluding hydrogens is 248 g/mol. The number of pyridine rings is 1. The van der Waals surface area contributed by atoms with E-state index in [-0.39, 0.29) is 22.9 Å². The Kier molecular flexibility index (Phi) is 3.01. The van der Waals surface area contributed by atoms with Gasteiger partial charge in [0.1, 0.15) is 0 Å². The number of rotatable bonds is 2. The molecule has 0 radical (unpaired) electrons. The van der Waals surface area contributed by atoms with E-state index in [1.54, 1.807) is 0 Å². The quantitative estimate of drug-likeness (QED) is 0.825. The minimum Gasteiger partial charge on any atom is -0.312 e. The molecule has 1 aromatic heterocycles. The Morgan fingerprint density at radius 3 is 2.45 bits per heavy atom. The molecule has 0 unspecified atom stereocenters. The standard InChI is InChI=1S/C17H22N2O/c1-17(2,3)15-8-13(12-4-5-12)10-19(16(15)20)14-6-11(7-14)9-18/h8,10-12,14H,4-7H2,1-3H3. The van der Waals surface area contributed by atoms with Crippen molar-refractivity contribution in [1.29, 1.82) is 5.26 Å². The van der Waals surface area contributed by atoms with Crippen LogP contribution in [0.4, 0.5) is 0 Å². The van der Waals surface area contributed by atoms with Crippen molar-refractivity contribution in [3.05, 3.63) is 33.7 Å². The largest absolute Gasteiger partial charge is 0.312 e. The molecule has 0 bridgehead atoms. The van der Waals surface area contributed by atoms with E-state index < -0.39 is 0 Å². The highest BCUT2D eigenvalue weighted by molar-refractivity contribution is 5.30. The summed E-state index contributed by atoms with van der Waals surface area (Å²) in [5, 5.41) is 8.92. The van der Waals surface area contributed by atoms with Crippen LogP contribution in [0.1, 0.15) is 69.5 Å². The van der Waals surface area contributed by atoms with Crippen molar-refractivity contribution in [3.8, 4) is 6.07 Å². The molecule has 2 aliphatic rings. The summed E-state index contributed by atoms with van der Waals surface area (Å²) >= 11 is 0. The van der Waals surface area contributed by atoms with Gasteiger partial charge in [0.2, 0.25) is 0 Å². The third-order valence-corrected chi connectivity index (χ3v) is 4.61. The zero-order valence-corrected chi connectivity index (χ0v) is 12.5. The Bertz CT molecular complexity index is 620. The maximum Gasteiger partial charge on any atom is 0.254 e. The smallest absolute Gasteiger partial charge is 0.254 e. The summed E-state index contributed by atoms with van der Waals surface area (Å²) in [5.41, 5.74) is 2.25. The highest BCUT2D eigenvalue weighted by Gasteiger charge is 2.34. The third kappa shape index (κ3) is 2.28. The molecule has 20 heavy (non-hydrogen) atoms. The van der Waals surface area contributed by atoms with Gasteiger partial charge in [0.05, 0.1) is 12.0 Å². The van der Waals surface area contributed by atoms with Crippen molar-refractivity contribution in [1.82, 2.24) is 4.57 Å². The maximum absolute atomic E-state index is 12.7. The maximum atomic E-state index is 12.7. The molecular formula is C17H22N2O. The van der Waals surface area contributed by atoms with E-state index in [0.29, 0.717) is 5.92 Å². The molecule has 0 spiro atoms. The molecule has 0 aliphatic heterocycles. The van der Waals surface area contributed by atoms with Crippen LogP contribution in [0, 0.1) is 17.2 Å². The van der Waals surface area contributed by atoms with Crippen LogP contribution in [0.3, 0.4) is 0 Å². The van der Waals surface area contributed by atoms with Gasteiger partial charge in [-0.3, -0.25) is 4.79 Å². The van der Waals surface area contributed by atoms with E-state index in [0.717, 1.165) is 18.4 Å². The summed E-state index contributed by atoms with van der Waals surface area (Å²) in [6.45, 7) is 6.30. The Morgan fingerprint density at radius 1 is 1.30 bits per heavy atom. The van der Waals surface area contributed by atoms with Crippen LogP contribution in [0.25, 0.3) is 0 Å². The number of hydrogen-bond donors (Lipinski definition) is 0. The minimum absolute atomic E-state index is 0.123. The molecule has 1 heterocycles. The van der Waals surface area contributed by atoms with Gasteiger partial charge in [-0.05, 0) is 48.6 Å². The van der Waals surface area contributed by atoms with Crippen molar-refractivity contribution < 1.29 is 0 Å². The lowest BCUT2D eigenvalue weighted by Gasteiger charge is -2.33. The van der Waals surface area contributed by atoms with Crippen molar-refractivity contribution in [3.63, 3.8) is 0 Å². The minimum atomic E-state index is -0.123. The predicted octanol–water partition coefficient (Wildman–Crippen LogP) is 3.50. The molecule has 0 atom stereocenters. The van der Waals surface area contributed by atoms with E-state index >= 15 is 0 Å². The molecule has 0 aromatic carbocycles. The second-order valence-electron chi connectivity index (χ2n) is 7.38. The molecule has 2 aliphatic carbocycles. The van der Waals surface area contributed by atoms with Crippen LogP contribution >= 0.6 is 0 Å². The fourth-order valence-electron chi connectivity index (χ4n) is 2.99. The number of aromatic nitrogens is 1. The van der Waals surface area contributed by atoms with Gasteiger partial charge in [-0.1, -0.05) is 20.8 Å². The average Bonchev–Trinajstić information content (AvgIpc) is 3.12. The Balaban J connectivity index is 2.03. The van der Waals surface area contributed by atoms with Gasteiger partial charge in [-0.25, -0.2) is 0 Å². The molecule has 2 saturated carbocycles. The van der Waals surface area contributed by atoms with E-state index in [2.05, 4.69) is 39.1 Å². The van der Waals surface area contributed by atoms with Gasteiger partial charge >= 0.3 is 0 Å². The first-order valence-corrected chi connectivity index (χ1v) is 7.56. The van der Waals surface area contributed by atoms with E-state index in [1.807, 2.05) is 4.57 Å². The first-order valence-electron chi connectivity index (χ1n) is 7.56. The molecule has 3 rings (SSSR count). The van der Waals surface area contributed by atoms with Crippen LogP contribution in [0.15, 0.2) is 17.1 Å². The van der Waals surface area contributed by atoms with Crippen molar-refractivity contribution in [2.75, 3.05) is 0 Å². The highest BCUT2D eigenvalue weighted by Crippen LogP contribution is 2.42. The second kappa shape index (κ2) is 4.48. The van der Waals surface area contributed by atoms with Crippen molar-refractivity contribution >= 4 is 0 Å². The molecule has 0 N–H and O–H groups in total. The van der Waals surface area contributed by atoms with Crippen LogP contribution < -0.4 is 5.56 Å². The van der Waals surface area contributed by atoms with Gasteiger partial charge in [0, 0.05) is 17.8 Å². The zero-order chi connectivity index (χ0) is 14.5. The van der Waals surface area contributed by atoms with E-state index in [4.69, 9.17) is 5.26 Å². The number of hydrogen-bond acceptors (Lipinski definition) is 2. The SMILES string of the molecule is CC(C)(C)c1cc(C2CC2)cn(C2CC(C#N)C2)c1=O. The zero-order valence-electron chi connectivity index (χ0n) is 12.5. The first kappa shape index (κ1) is 13.4. The fourth-order valence-corrected chi connectivity index (χ4v) is 2.99. The summed E-state index contributed by atoms with van der Waals surface area (Å²) in [4.78, 5) is 12.7. The molecule has 106 valence electrons. The summed E-state index contributed by atoms with van der Waals surface area (Å²) in [5.74, 6) is 0.782. The lowest BCUT2D eigenvalue weighted by atomic mass is 9.80. The Hall–Kier alpha value is -1.56. The lowest BCUT2D eigenvalue weighted by Crippen LogP contribution is -2.37. The molecule has 1 aromatic rings. The van der Waals surface area contributed by atoms with Gasteiger partial charge in [-0.15, -0.1) is 0 Å². The molecule has 3 nitrogen and oxygen atoms in total. The number of nitriles is 1. The average molecular weight is 270 g/mol. The van der Waals surface area contributed by atoms with Crippen LogP contribution in [-0.4, -0.2) is 4.57 Å². The lowest BCUT2D eigenvalue weighted by molar-refractivity contribution is 0.241. The van der Waals surface area contributed by atoms with Gasteiger partial charge < -0.3 is 4.57 Å². The fraction of sp³-hybridized carbons (Fsp3) is 0.647. The van der Waals surface area contributed by atoms with Crippen LogP contribution in [0.2, 0.25) is 0 Å². The van der Waals surface area contributed by atoms with Crippen molar-refractivity contribution in [2.45, 2.75) is 63.8 Å². The monoisotopic (exact) mass is 270 g/mol. The van der Waals surface area contributed by atoms with E-state index in [9.17, 15) is 4.79 Å². The topological polar surface area (TPSA) is 45.8 Å². The Morgan fingerprint density at radius 2 is 1.95 bits per heavy atom. The molecule has 0 amide bonds. The van der Waals surface area contributed by atoms with Gasteiger partial charge in [0.15, 0.2) is 0 Å². The number of nitrogens with zero attached hydrogens (tertiary/aromatic N) is 2. The van der Waals surface area contributed by atoms with Crippen LogP contribution in [0.5, 0.6) is 0 Å². The molecule has 3 heteroatoms. The molecule has 2 fully saturated rings. The summed E-state index contributed by atoms with van der Waals surface area (Å²) in [6, 6.07) is 4.65. The summed E-state index contributed by atoms with van der Waals surface area (Å²) in [7, 11) is 0. The summed E-state index contributed by atoms with van der Waals surface area (Å²) < 4.78 is 1.92. The summed E-state index contributed by atoms with van der Waals surface area (Å²) in [6.07, 6.45) is 6.20. The molecule has 0 saturated heterocycles. The van der Waals surface area contributed by atoms with Gasteiger partial charge in [0.25, 0.3) is 5.56 Å². The predicted molar refractivity (Wildman–Crippen MR) is 78.8 cm³/mol. The normalized spacial score (nSPS) is 25.9. The van der Waals surface area contributed by atoms with Gasteiger partial charge in [-0.2, -0.15) is 5.26 Å². The first-order chi connectivity index (χ1) is 9.40. The Labute approximate surface area is 120 Å². The van der Waals surface area contributed by atoms with Crippen LogP contribution in [-0.2, 0) is 5.41 Å². The third-order valence-electron chi connectivity index (χ3n) is 4.61. The second-order valence-corrected chi connectivity index (χ2v) is 7.38. The highest BCUT2D eigenvalue weighted by atomic mass is 16.1. The van der Waals surface area contributed by atoms with E-state index in [1.165, 1.54) is 18.4 Å². The van der Waals surface area contributed by atoms with Crippen molar-refractivity contribution in [2.24, 2.45) is 5.92 Å².